The zero-order valence-corrected chi connectivity index (χ0v) is 14.4. The molecule has 4 heteroatoms. The van der Waals surface area contributed by atoms with E-state index in [4.69, 9.17) is 4.74 Å². The van der Waals surface area contributed by atoms with Crippen LogP contribution in [-0.2, 0) is 11.0 Å². The Morgan fingerprint density at radius 2 is 1.55 bits per heavy atom. The van der Waals surface area contributed by atoms with Crippen LogP contribution in [0.25, 0.3) is 0 Å². The number of rotatable bonds is 4. The molecule has 0 aromatic heterocycles. The second-order valence-electron chi connectivity index (χ2n) is 7.07. The molecule has 0 saturated heterocycles. The van der Waals surface area contributed by atoms with Crippen molar-refractivity contribution >= 4 is 11.0 Å². The maximum absolute atomic E-state index is 12.4. The van der Waals surface area contributed by atoms with Gasteiger partial charge in [0, 0.05) is 6.04 Å². The van der Waals surface area contributed by atoms with Crippen LogP contribution in [0.3, 0.4) is 0 Å². The van der Waals surface area contributed by atoms with Gasteiger partial charge in [0.05, 0.1) is 22.8 Å². The molecule has 0 bridgehead atoms. The molecule has 114 valence electrons. The average Bonchev–Trinajstić information content (AvgIpc) is 2.33. The highest BCUT2D eigenvalue weighted by atomic mass is 32.2. The molecule has 0 saturated carbocycles. The quantitative estimate of drug-likeness (QED) is 0.917. The topological polar surface area (TPSA) is 38.3 Å². The van der Waals surface area contributed by atoms with Gasteiger partial charge in [0.25, 0.3) is 0 Å². The summed E-state index contributed by atoms with van der Waals surface area (Å²) in [6.07, 6.45) is 0. The van der Waals surface area contributed by atoms with Gasteiger partial charge in [-0.2, -0.15) is 0 Å². The van der Waals surface area contributed by atoms with Gasteiger partial charge in [0.1, 0.15) is 5.75 Å². The van der Waals surface area contributed by atoms with Crippen molar-refractivity contribution in [2.75, 3.05) is 7.11 Å². The molecule has 1 rings (SSSR count). The van der Waals surface area contributed by atoms with Gasteiger partial charge in [-0.3, -0.25) is 0 Å². The van der Waals surface area contributed by atoms with E-state index in [1.54, 1.807) is 7.11 Å². The predicted octanol–water partition coefficient (Wildman–Crippen LogP) is 3.83. The van der Waals surface area contributed by atoms with Crippen molar-refractivity contribution in [1.82, 2.24) is 4.72 Å². The minimum atomic E-state index is -1.10. The molecule has 0 radical (unpaired) electrons. The van der Waals surface area contributed by atoms with E-state index >= 15 is 0 Å². The lowest BCUT2D eigenvalue weighted by Crippen LogP contribution is -2.40. The van der Waals surface area contributed by atoms with Crippen molar-refractivity contribution in [3.63, 3.8) is 0 Å². The van der Waals surface area contributed by atoms with Crippen LogP contribution in [0.1, 0.15) is 53.1 Å². The van der Waals surface area contributed by atoms with E-state index in [9.17, 15) is 4.21 Å². The standard InChI is InChI=1S/C16H27NO2S/c1-15(2,3)14(17-20(18)16(4,5)6)12-8-10-13(19-7)11-9-12/h8-11,14,17H,1-7H3/t14-,20?/m0/s1. The first kappa shape index (κ1) is 17.2. The predicted molar refractivity (Wildman–Crippen MR) is 86.2 cm³/mol. The number of hydrogen-bond donors (Lipinski definition) is 1. The second kappa shape index (κ2) is 6.27. The van der Waals surface area contributed by atoms with Crippen molar-refractivity contribution in [3.05, 3.63) is 29.8 Å². The number of benzene rings is 1. The molecule has 1 unspecified atom stereocenters. The normalized spacial score (nSPS) is 15.8. The first-order chi connectivity index (χ1) is 9.05. The van der Waals surface area contributed by atoms with Crippen LogP contribution in [0, 0.1) is 5.41 Å². The fraction of sp³-hybridized carbons (Fsp3) is 0.625. The largest absolute Gasteiger partial charge is 0.497 e. The Kier molecular flexibility index (Phi) is 5.39. The van der Waals surface area contributed by atoms with Crippen LogP contribution >= 0.6 is 0 Å². The van der Waals surface area contributed by atoms with Crippen molar-refractivity contribution in [2.45, 2.75) is 52.3 Å². The molecule has 2 atom stereocenters. The van der Waals surface area contributed by atoms with Gasteiger partial charge in [0.15, 0.2) is 0 Å². The van der Waals surface area contributed by atoms with E-state index in [2.05, 4.69) is 25.5 Å². The summed E-state index contributed by atoms with van der Waals surface area (Å²) in [5.74, 6) is 0.832. The third kappa shape index (κ3) is 4.60. The summed E-state index contributed by atoms with van der Waals surface area (Å²) in [5, 5.41) is 0. The van der Waals surface area contributed by atoms with E-state index in [0.29, 0.717) is 0 Å². The summed E-state index contributed by atoms with van der Waals surface area (Å²) >= 11 is 0. The van der Waals surface area contributed by atoms with Crippen LogP contribution in [0.15, 0.2) is 24.3 Å². The summed E-state index contributed by atoms with van der Waals surface area (Å²) in [4.78, 5) is 0. The second-order valence-corrected chi connectivity index (χ2v) is 9.07. The van der Waals surface area contributed by atoms with E-state index in [1.165, 1.54) is 0 Å². The molecule has 0 aliphatic rings. The van der Waals surface area contributed by atoms with Crippen LogP contribution in [0.5, 0.6) is 5.75 Å². The van der Waals surface area contributed by atoms with Gasteiger partial charge >= 0.3 is 0 Å². The number of hydrogen-bond acceptors (Lipinski definition) is 2. The molecular formula is C16H27NO2S. The SMILES string of the molecule is COc1ccc([C@H](NS(=O)C(C)(C)C)C(C)(C)C)cc1. The summed E-state index contributed by atoms with van der Waals surface area (Å²) < 4.78 is 20.6. The number of methoxy groups -OCH3 is 1. The minimum Gasteiger partial charge on any atom is -0.497 e. The van der Waals surface area contributed by atoms with Crippen molar-refractivity contribution in [1.29, 1.82) is 0 Å². The smallest absolute Gasteiger partial charge is 0.118 e. The van der Waals surface area contributed by atoms with Crippen molar-refractivity contribution in [3.8, 4) is 5.75 Å². The molecule has 0 aliphatic carbocycles. The van der Waals surface area contributed by atoms with E-state index in [-0.39, 0.29) is 16.2 Å². The van der Waals surface area contributed by atoms with E-state index in [0.717, 1.165) is 11.3 Å². The average molecular weight is 297 g/mol. The summed E-state index contributed by atoms with van der Waals surface area (Å²) in [5.41, 5.74) is 1.09. The molecule has 1 N–H and O–H groups in total. The molecule has 0 aliphatic heterocycles. The van der Waals surface area contributed by atoms with E-state index < -0.39 is 11.0 Å². The molecule has 3 nitrogen and oxygen atoms in total. The molecular weight excluding hydrogens is 270 g/mol. The first-order valence-corrected chi connectivity index (χ1v) is 8.02. The molecule has 0 amide bonds. The lowest BCUT2D eigenvalue weighted by atomic mass is 9.83. The maximum atomic E-state index is 12.4. The Morgan fingerprint density at radius 3 is 1.90 bits per heavy atom. The van der Waals surface area contributed by atoms with Crippen LogP contribution < -0.4 is 9.46 Å². The fourth-order valence-electron chi connectivity index (χ4n) is 1.82. The van der Waals surface area contributed by atoms with E-state index in [1.807, 2.05) is 45.0 Å². The zero-order chi connectivity index (χ0) is 15.6. The molecule has 1 aromatic rings. The molecule has 20 heavy (non-hydrogen) atoms. The monoisotopic (exact) mass is 297 g/mol. The van der Waals surface area contributed by atoms with Crippen LogP contribution in [0.4, 0.5) is 0 Å². The number of ether oxygens (including phenoxy) is 1. The van der Waals surface area contributed by atoms with Gasteiger partial charge in [0.2, 0.25) is 0 Å². The third-order valence-electron chi connectivity index (χ3n) is 3.10. The lowest BCUT2D eigenvalue weighted by molar-refractivity contribution is 0.306. The Bertz CT molecular complexity index is 455. The fourth-order valence-corrected chi connectivity index (χ4v) is 2.88. The lowest BCUT2D eigenvalue weighted by Gasteiger charge is -2.34. The highest BCUT2D eigenvalue weighted by molar-refractivity contribution is 7.84. The van der Waals surface area contributed by atoms with Crippen LogP contribution in [-0.4, -0.2) is 16.1 Å². The molecule has 0 spiro atoms. The Labute approximate surface area is 125 Å². The van der Waals surface area contributed by atoms with Gasteiger partial charge < -0.3 is 4.74 Å². The third-order valence-corrected chi connectivity index (χ3v) is 4.66. The van der Waals surface area contributed by atoms with Gasteiger partial charge in [-0.25, -0.2) is 8.93 Å². The Balaban J connectivity index is 3.04. The Morgan fingerprint density at radius 1 is 1.05 bits per heavy atom. The summed E-state index contributed by atoms with van der Waals surface area (Å²) in [6, 6.07) is 7.96. The molecule has 0 fully saturated rings. The maximum Gasteiger partial charge on any atom is 0.118 e. The Hall–Kier alpha value is -0.870. The van der Waals surface area contributed by atoms with Crippen molar-refractivity contribution in [2.24, 2.45) is 5.41 Å². The first-order valence-electron chi connectivity index (χ1n) is 6.87. The highest BCUT2D eigenvalue weighted by Gasteiger charge is 2.31. The van der Waals surface area contributed by atoms with Crippen LogP contribution in [0.2, 0.25) is 0 Å². The number of nitrogens with one attached hydrogen (secondary N) is 1. The molecule has 1 aromatic carbocycles. The molecule has 0 heterocycles. The van der Waals surface area contributed by atoms with Crippen molar-refractivity contribution < 1.29 is 8.95 Å². The highest BCUT2D eigenvalue weighted by Crippen LogP contribution is 2.34. The minimum absolute atomic E-state index is 0.0217. The van der Waals surface area contributed by atoms with Gasteiger partial charge in [-0.05, 0) is 43.9 Å². The zero-order valence-electron chi connectivity index (χ0n) is 13.6. The summed E-state index contributed by atoms with van der Waals surface area (Å²) in [6.45, 7) is 12.4. The summed E-state index contributed by atoms with van der Waals surface area (Å²) in [7, 11) is 0.553. The van der Waals surface area contributed by atoms with Gasteiger partial charge in [-0.1, -0.05) is 32.9 Å². The van der Waals surface area contributed by atoms with Gasteiger partial charge in [-0.15, -0.1) is 0 Å².